The van der Waals surface area contributed by atoms with Crippen molar-refractivity contribution in [2.45, 2.75) is 25.7 Å². The molecule has 0 saturated heterocycles. The Labute approximate surface area is 118 Å². The van der Waals surface area contributed by atoms with E-state index in [1.807, 2.05) is 13.8 Å². The van der Waals surface area contributed by atoms with Crippen LogP contribution in [0.2, 0.25) is 0 Å². The van der Waals surface area contributed by atoms with Crippen molar-refractivity contribution in [2.75, 3.05) is 19.3 Å². The summed E-state index contributed by atoms with van der Waals surface area (Å²) >= 11 is 0. The fraction of sp³-hybridized carbons (Fsp3) is 0.500. The Morgan fingerprint density at radius 2 is 1.95 bits per heavy atom. The zero-order valence-electron chi connectivity index (χ0n) is 12.0. The third-order valence-corrected chi connectivity index (χ3v) is 4.80. The molecule has 112 valence electrons. The van der Waals surface area contributed by atoms with Gasteiger partial charge in [0.05, 0.1) is 9.82 Å². The SMILES string of the molecule is Cc1cc(N)c([N+](=O)[O-])cc1S(=O)(=O)N(C)CC(C)C. The minimum Gasteiger partial charge on any atom is -0.393 e. The maximum Gasteiger partial charge on any atom is 0.293 e. The average molecular weight is 301 g/mol. The summed E-state index contributed by atoms with van der Waals surface area (Å²) in [5.41, 5.74) is 5.49. The monoisotopic (exact) mass is 301 g/mol. The topological polar surface area (TPSA) is 107 Å². The number of nitrogens with zero attached hydrogens (tertiary/aromatic N) is 2. The molecule has 0 bridgehead atoms. The van der Waals surface area contributed by atoms with E-state index >= 15 is 0 Å². The Balaban J connectivity index is 3.38. The number of benzene rings is 1. The first-order chi connectivity index (χ1) is 9.07. The van der Waals surface area contributed by atoms with Crippen molar-refractivity contribution in [1.29, 1.82) is 0 Å². The quantitative estimate of drug-likeness (QED) is 0.506. The normalized spacial score (nSPS) is 12.1. The van der Waals surface area contributed by atoms with Crippen molar-refractivity contribution in [3.05, 3.63) is 27.8 Å². The number of nitrogen functional groups attached to an aromatic ring is 1. The average Bonchev–Trinajstić information content (AvgIpc) is 2.26. The molecular formula is C12H19N3O4S. The lowest BCUT2D eigenvalue weighted by molar-refractivity contribution is -0.384. The number of anilines is 1. The molecule has 20 heavy (non-hydrogen) atoms. The van der Waals surface area contributed by atoms with Crippen LogP contribution in [0.25, 0.3) is 0 Å². The zero-order chi connectivity index (χ0) is 15.7. The van der Waals surface area contributed by atoms with Crippen LogP contribution >= 0.6 is 0 Å². The number of sulfonamides is 1. The molecule has 0 radical (unpaired) electrons. The summed E-state index contributed by atoms with van der Waals surface area (Å²) in [6.45, 7) is 5.69. The van der Waals surface area contributed by atoms with Gasteiger partial charge in [-0.05, 0) is 24.5 Å². The van der Waals surface area contributed by atoms with E-state index in [4.69, 9.17) is 5.73 Å². The maximum atomic E-state index is 12.4. The molecule has 1 rings (SSSR count). The minimum absolute atomic E-state index is 0.0436. The molecule has 0 fully saturated rings. The van der Waals surface area contributed by atoms with E-state index < -0.39 is 20.6 Å². The Morgan fingerprint density at radius 1 is 1.40 bits per heavy atom. The molecule has 0 heterocycles. The number of nitrogens with two attached hydrogens (primary N) is 1. The molecule has 0 amide bonds. The first-order valence-electron chi connectivity index (χ1n) is 6.08. The van der Waals surface area contributed by atoms with Crippen LogP contribution < -0.4 is 5.73 Å². The van der Waals surface area contributed by atoms with Gasteiger partial charge in [-0.25, -0.2) is 12.7 Å². The lowest BCUT2D eigenvalue weighted by Crippen LogP contribution is -2.31. The third-order valence-electron chi connectivity index (χ3n) is 2.83. The van der Waals surface area contributed by atoms with Gasteiger partial charge >= 0.3 is 0 Å². The summed E-state index contributed by atoms with van der Waals surface area (Å²) in [7, 11) is -2.31. The third kappa shape index (κ3) is 3.26. The molecule has 0 spiro atoms. The van der Waals surface area contributed by atoms with Crippen LogP contribution in [0.4, 0.5) is 11.4 Å². The fourth-order valence-electron chi connectivity index (χ4n) is 1.92. The van der Waals surface area contributed by atoms with E-state index in [2.05, 4.69) is 0 Å². The highest BCUT2D eigenvalue weighted by atomic mass is 32.2. The van der Waals surface area contributed by atoms with Crippen molar-refractivity contribution in [1.82, 2.24) is 4.31 Å². The first kappa shape index (κ1) is 16.4. The first-order valence-corrected chi connectivity index (χ1v) is 7.52. The summed E-state index contributed by atoms with van der Waals surface area (Å²) in [5, 5.41) is 10.9. The van der Waals surface area contributed by atoms with Crippen LogP contribution in [-0.4, -0.2) is 31.2 Å². The number of hydrogen-bond donors (Lipinski definition) is 1. The lowest BCUT2D eigenvalue weighted by atomic mass is 10.2. The molecule has 0 aromatic heterocycles. The van der Waals surface area contributed by atoms with Gasteiger partial charge in [-0.3, -0.25) is 10.1 Å². The Hall–Kier alpha value is -1.67. The minimum atomic E-state index is -3.76. The van der Waals surface area contributed by atoms with Crippen LogP contribution in [0.15, 0.2) is 17.0 Å². The van der Waals surface area contributed by atoms with E-state index in [9.17, 15) is 18.5 Å². The highest BCUT2D eigenvalue weighted by Crippen LogP contribution is 2.29. The summed E-state index contributed by atoms with van der Waals surface area (Å²) < 4.78 is 26.1. The van der Waals surface area contributed by atoms with E-state index in [0.717, 1.165) is 6.07 Å². The molecule has 0 unspecified atom stereocenters. The predicted molar refractivity (Wildman–Crippen MR) is 76.9 cm³/mol. The maximum absolute atomic E-state index is 12.4. The predicted octanol–water partition coefficient (Wildman–Crippen LogP) is 1.76. The number of aryl methyl sites for hydroxylation is 1. The van der Waals surface area contributed by atoms with E-state index in [0.29, 0.717) is 12.1 Å². The molecule has 7 nitrogen and oxygen atoms in total. The van der Waals surface area contributed by atoms with Gasteiger partial charge in [-0.15, -0.1) is 0 Å². The van der Waals surface area contributed by atoms with Gasteiger partial charge < -0.3 is 5.73 Å². The summed E-state index contributed by atoms with van der Waals surface area (Å²) in [5.74, 6) is 0.152. The van der Waals surface area contributed by atoms with Crippen LogP contribution in [-0.2, 0) is 10.0 Å². The molecule has 0 saturated carbocycles. The molecular weight excluding hydrogens is 282 g/mol. The van der Waals surface area contributed by atoms with Crippen LogP contribution in [0.1, 0.15) is 19.4 Å². The number of rotatable bonds is 5. The highest BCUT2D eigenvalue weighted by Gasteiger charge is 2.27. The van der Waals surface area contributed by atoms with Gasteiger partial charge in [0.2, 0.25) is 10.0 Å². The number of nitro benzene ring substituents is 1. The lowest BCUT2D eigenvalue weighted by Gasteiger charge is -2.20. The second-order valence-electron chi connectivity index (χ2n) is 5.11. The molecule has 8 heteroatoms. The van der Waals surface area contributed by atoms with Crippen LogP contribution in [0, 0.1) is 23.0 Å². The molecule has 2 N–H and O–H groups in total. The standard InChI is InChI=1S/C12H19N3O4S/c1-8(2)7-14(4)20(18,19)12-6-11(15(16)17)10(13)5-9(12)3/h5-6,8H,7,13H2,1-4H3. The summed E-state index contributed by atoms with van der Waals surface area (Å²) in [4.78, 5) is 10.1. The largest absolute Gasteiger partial charge is 0.393 e. The van der Waals surface area contributed by atoms with Gasteiger partial charge in [0.15, 0.2) is 0 Å². The Kier molecular flexibility index (Phi) is 4.72. The molecule has 1 aromatic rings. The molecule has 0 aliphatic heterocycles. The molecule has 1 aromatic carbocycles. The molecule has 0 aliphatic rings. The van der Waals surface area contributed by atoms with Crippen molar-refractivity contribution < 1.29 is 13.3 Å². The van der Waals surface area contributed by atoms with Gasteiger partial charge in [0.1, 0.15) is 5.69 Å². The van der Waals surface area contributed by atoms with Crippen molar-refractivity contribution in [3.63, 3.8) is 0 Å². The van der Waals surface area contributed by atoms with Crippen molar-refractivity contribution >= 4 is 21.4 Å². The zero-order valence-corrected chi connectivity index (χ0v) is 12.8. The highest BCUT2D eigenvalue weighted by molar-refractivity contribution is 7.89. The fourth-order valence-corrected chi connectivity index (χ4v) is 3.47. The van der Waals surface area contributed by atoms with Crippen LogP contribution in [0.3, 0.4) is 0 Å². The van der Waals surface area contributed by atoms with Gasteiger partial charge in [0, 0.05) is 19.7 Å². The van der Waals surface area contributed by atoms with Crippen molar-refractivity contribution in [2.24, 2.45) is 5.92 Å². The molecule has 0 aliphatic carbocycles. The summed E-state index contributed by atoms with van der Waals surface area (Å²) in [6.07, 6.45) is 0. The van der Waals surface area contributed by atoms with Crippen molar-refractivity contribution in [3.8, 4) is 0 Å². The molecule has 0 atom stereocenters. The number of hydrogen-bond acceptors (Lipinski definition) is 5. The van der Waals surface area contributed by atoms with Gasteiger partial charge in [0.25, 0.3) is 5.69 Å². The second kappa shape index (κ2) is 5.76. The van der Waals surface area contributed by atoms with Crippen LogP contribution in [0.5, 0.6) is 0 Å². The van der Waals surface area contributed by atoms with Gasteiger partial charge in [-0.1, -0.05) is 13.8 Å². The number of nitro groups is 1. The van der Waals surface area contributed by atoms with E-state index in [1.54, 1.807) is 6.92 Å². The van der Waals surface area contributed by atoms with Gasteiger partial charge in [-0.2, -0.15) is 0 Å². The summed E-state index contributed by atoms with van der Waals surface area (Å²) in [6, 6.07) is 2.34. The van der Waals surface area contributed by atoms with E-state index in [1.165, 1.54) is 17.4 Å². The Bertz CT molecular complexity index is 626. The smallest absolute Gasteiger partial charge is 0.293 e. The Morgan fingerprint density at radius 3 is 2.40 bits per heavy atom. The second-order valence-corrected chi connectivity index (χ2v) is 7.13. The van der Waals surface area contributed by atoms with E-state index in [-0.39, 0.29) is 16.5 Å².